The molecule has 0 radical (unpaired) electrons. The molecule has 0 bridgehead atoms. The Morgan fingerprint density at radius 1 is 1.30 bits per heavy atom. The molecule has 0 spiro atoms. The second-order valence-electron chi connectivity index (χ2n) is 2.49. The summed E-state index contributed by atoms with van der Waals surface area (Å²) in [5, 5.41) is 0. The number of hydrogen-bond acceptors (Lipinski definition) is 1. The van der Waals surface area contributed by atoms with E-state index in [2.05, 4.69) is 5.73 Å². The molecule has 0 unspecified atom stereocenters. The molecule has 0 aliphatic rings. The van der Waals surface area contributed by atoms with Crippen LogP contribution in [0, 0.1) is 5.41 Å². The highest BCUT2D eigenvalue weighted by Crippen LogP contribution is 2.36. The van der Waals surface area contributed by atoms with Crippen LogP contribution in [0.3, 0.4) is 0 Å². The minimum Gasteiger partial charge on any atom is -0.369 e. The summed E-state index contributed by atoms with van der Waals surface area (Å²) in [4.78, 5) is 10.2. The summed E-state index contributed by atoms with van der Waals surface area (Å²) in [7, 11) is 0. The van der Waals surface area contributed by atoms with Gasteiger partial charge in [0.1, 0.15) is 5.41 Å². The Bertz CT molecular complexity index is 149. The molecule has 0 aliphatic carbocycles. The SMILES string of the molecule is CC(C)(C(N)=O)C(F)(F)F. The van der Waals surface area contributed by atoms with Crippen molar-refractivity contribution in [3.63, 3.8) is 0 Å². The molecule has 5 heteroatoms. The molecular weight excluding hydrogens is 147 g/mol. The smallest absolute Gasteiger partial charge is 0.369 e. The quantitative estimate of drug-likeness (QED) is 0.604. The maximum Gasteiger partial charge on any atom is 0.402 e. The fourth-order valence-electron chi connectivity index (χ4n) is 0.140. The van der Waals surface area contributed by atoms with Crippen LogP contribution in [0.2, 0.25) is 0 Å². The van der Waals surface area contributed by atoms with Crippen molar-refractivity contribution in [2.24, 2.45) is 11.1 Å². The van der Waals surface area contributed by atoms with Crippen molar-refractivity contribution in [2.75, 3.05) is 0 Å². The molecule has 0 saturated heterocycles. The third-order valence-electron chi connectivity index (χ3n) is 1.32. The number of hydrogen-bond donors (Lipinski definition) is 1. The lowest BCUT2D eigenvalue weighted by Crippen LogP contribution is -2.43. The Morgan fingerprint density at radius 3 is 1.60 bits per heavy atom. The number of primary amides is 1. The first-order valence-corrected chi connectivity index (χ1v) is 2.56. The molecule has 0 aromatic rings. The second kappa shape index (κ2) is 2.14. The third kappa shape index (κ3) is 1.40. The Labute approximate surface area is 56.2 Å². The van der Waals surface area contributed by atoms with Gasteiger partial charge in [0, 0.05) is 0 Å². The molecule has 10 heavy (non-hydrogen) atoms. The van der Waals surface area contributed by atoms with Crippen LogP contribution in [0.4, 0.5) is 13.2 Å². The first kappa shape index (κ1) is 9.26. The van der Waals surface area contributed by atoms with E-state index in [0.717, 1.165) is 13.8 Å². The molecule has 0 aliphatic heterocycles. The van der Waals surface area contributed by atoms with Crippen molar-refractivity contribution in [1.29, 1.82) is 0 Å². The van der Waals surface area contributed by atoms with Crippen molar-refractivity contribution in [3.05, 3.63) is 0 Å². The Balaban J connectivity index is 4.57. The molecule has 0 atom stereocenters. The molecular formula is C5H8F3NO. The topological polar surface area (TPSA) is 43.1 Å². The van der Waals surface area contributed by atoms with Crippen molar-refractivity contribution in [2.45, 2.75) is 20.0 Å². The van der Waals surface area contributed by atoms with Gasteiger partial charge >= 0.3 is 6.18 Å². The molecule has 2 N–H and O–H groups in total. The molecule has 60 valence electrons. The van der Waals surface area contributed by atoms with Crippen molar-refractivity contribution < 1.29 is 18.0 Å². The molecule has 0 rings (SSSR count). The maximum absolute atomic E-state index is 11.8. The van der Waals surface area contributed by atoms with E-state index < -0.39 is 17.5 Å². The van der Waals surface area contributed by atoms with Gasteiger partial charge in [-0.3, -0.25) is 4.79 Å². The summed E-state index contributed by atoms with van der Waals surface area (Å²) >= 11 is 0. The second-order valence-corrected chi connectivity index (χ2v) is 2.49. The van der Waals surface area contributed by atoms with E-state index in [4.69, 9.17) is 0 Å². The van der Waals surface area contributed by atoms with E-state index in [1.807, 2.05) is 0 Å². The van der Waals surface area contributed by atoms with Crippen LogP contribution in [0.25, 0.3) is 0 Å². The van der Waals surface area contributed by atoms with Crippen molar-refractivity contribution in [1.82, 2.24) is 0 Å². The maximum atomic E-state index is 11.8. The predicted molar refractivity (Wildman–Crippen MR) is 29.0 cm³/mol. The Morgan fingerprint density at radius 2 is 1.60 bits per heavy atom. The van der Waals surface area contributed by atoms with E-state index in [1.165, 1.54) is 0 Å². The summed E-state index contributed by atoms with van der Waals surface area (Å²) in [6.07, 6.45) is -4.56. The van der Waals surface area contributed by atoms with Gasteiger partial charge in [0.05, 0.1) is 0 Å². The number of alkyl halides is 3. The number of carbonyl (C=O) groups excluding carboxylic acids is 1. The number of nitrogens with two attached hydrogens (primary N) is 1. The fourth-order valence-corrected chi connectivity index (χ4v) is 0.140. The van der Waals surface area contributed by atoms with Gasteiger partial charge in [0.2, 0.25) is 5.91 Å². The molecule has 0 aromatic carbocycles. The van der Waals surface area contributed by atoms with Crippen LogP contribution in [0.15, 0.2) is 0 Å². The van der Waals surface area contributed by atoms with Gasteiger partial charge in [-0.05, 0) is 13.8 Å². The third-order valence-corrected chi connectivity index (χ3v) is 1.32. The van der Waals surface area contributed by atoms with Gasteiger partial charge in [-0.25, -0.2) is 0 Å². The summed E-state index contributed by atoms with van der Waals surface area (Å²) in [6.45, 7) is 1.49. The predicted octanol–water partition coefficient (Wildman–Crippen LogP) is 1.06. The van der Waals surface area contributed by atoms with Gasteiger partial charge in [0.15, 0.2) is 0 Å². The van der Waals surface area contributed by atoms with Gasteiger partial charge in [0.25, 0.3) is 0 Å². The van der Waals surface area contributed by atoms with Gasteiger partial charge < -0.3 is 5.73 Å². The van der Waals surface area contributed by atoms with E-state index in [-0.39, 0.29) is 0 Å². The Hall–Kier alpha value is -0.740. The average Bonchev–Trinajstić information content (AvgIpc) is 1.62. The number of carbonyl (C=O) groups is 1. The van der Waals surface area contributed by atoms with Gasteiger partial charge in [-0.15, -0.1) is 0 Å². The van der Waals surface area contributed by atoms with Crippen molar-refractivity contribution in [3.8, 4) is 0 Å². The highest BCUT2D eigenvalue weighted by Gasteiger charge is 2.51. The van der Waals surface area contributed by atoms with E-state index in [1.54, 1.807) is 0 Å². The van der Waals surface area contributed by atoms with Gasteiger partial charge in [-0.2, -0.15) is 13.2 Å². The minimum atomic E-state index is -4.56. The number of rotatable bonds is 1. The van der Waals surface area contributed by atoms with Crippen LogP contribution in [-0.4, -0.2) is 12.1 Å². The first-order valence-electron chi connectivity index (χ1n) is 2.56. The Kier molecular flexibility index (Phi) is 1.98. The molecule has 0 fully saturated rings. The normalized spacial score (nSPS) is 13.3. The van der Waals surface area contributed by atoms with Crippen molar-refractivity contribution >= 4 is 5.91 Å². The molecule has 0 aromatic heterocycles. The lowest BCUT2D eigenvalue weighted by atomic mass is 9.92. The lowest BCUT2D eigenvalue weighted by molar-refractivity contribution is -0.209. The summed E-state index contributed by atoms with van der Waals surface area (Å²) in [5.74, 6) is -1.36. The minimum absolute atomic E-state index is 0.745. The number of amides is 1. The molecule has 0 saturated carbocycles. The summed E-state index contributed by atoms with van der Waals surface area (Å²) in [6, 6.07) is 0. The van der Waals surface area contributed by atoms with Crippen LogP contribution in [0.1, 0.15) is 13.8 Å². The largest absolute Gasteiger partial charge is 0.402 e. The zero-order chi connectivity index (χ0) is 8.58. The highest BCUT2D eigenvalue weighted by atomic mass is 19.4. The lowest BCUT2D eigenvalue weighted by Gasteiger charge is -2.23. The van der Waals surface area contributed by atoms with Crippen LogP contribution < -0.4 is 5.73 Å². The molecule has 2 nitrogen and oxygen atoms in total. The standard InChI is InChI=1S/C5H8F3NO/c1-4(2,3(9)10)5(6,7)8/h1-2H3,(H2,9,10). The zero-order valence-electron chi connectivity index (χ0n) is 5.62. The van der Waals surface area contributed by atoms with E-state index in [0.29, 0.717) is 0 Å². The van der Waals surface area contributed by atoms with Crippen LogP contribution in [0.5, 0.6) is 0 Å². The highest BCUT2D eigenvalue weighted by molar-refractivity contribution is 5.80. The van der Waals surface area contributed by atoms with Crippen LogP contribution in [-0.2, 0) is 4.79 Å². The molecule has 0 heterocycles. The van der Waals surface area contributed by atoms with Gasteiger partial charge in [-0.1, -0.05) is 0 Å². The van der Waals surface area contributed by atoms with E-state index >= 15 is 0 Å². The van der Waals surface area contributed by atoms with E-state index in [9.17, 15) is 18.0 Å². The average molecular weight is 155 g/mol. The monoisotopic (exact) mass is 155 g/mol. The summed E-state index contributed by atoms with van der Waals surface area (Å²) in [5.41, 5.74) is 2.07. The van der Waals surface area contributed by atoms with Crippen LogP contribution >= 0.6 is 0 Å². The molecule has 1 amide bonds. The number of halogens is 3. The zero-order valence-corrected chi connectivity index (χ0v) is 5.62. The fraction of sp³-hybridized carbons (Fsp3) is 0.800. The summed E-state index contributed by atoms with van der Waals surface area (Å²) < 4.78 is 35.4. The first-order chi connectivity index (χ1) is 4.19.